The molecule has 1 amide bonds. The number of nitrogens with two attached hydrogens (primary N) is 2. The highest BCUT2D eigenvalue weighted by Gasteiger charge is 2.21. The molecular weight excluding hydrogens is 233 g/mol. The molecule has 0 bridgehead atoms. The van der Waals surface area contributed by atoms with Gasteiger partial charge in [-0.05, 0) is 37.0 Å². The van der Waals surface area contributed by atoms with Gasteiger partial charge in [0.05, 0.1) is 11.4 Å². The lowest BCUT2D eigenvalue weighted by atomic mass is 9.93. The van der Waals surface area contributed by atoms with Crippen molar-refractivity contribution in [1.82, 2.24) is 0 Å². The minimum atomic E-state index is -0.320. The number of nitrogens with zero attached hydrogens (tertiary/aromatic N) is 1. The first-order valence-electron chi connectivity index (χ1n) is 6.14. The molecule has 0 saturated carbocycles. The summed E-state index contributed by atoms with van der Waals surface area (Å²) in [5.74, 6) is -0.199. The Morgan fingerprint density at radius 2 is 2.06 bits per heavy atom. The van der Waals surface area contributed by atoms with Crippen LogP contribution in [0.5, 0.6) is 0 Å². The van der Waals surface area contributed by atoms with E-state index in [2.05, 4.69) is 4.90 Å². The van der Waals surface area contributed by atoms with Crippen LogP contribution in [0.4, 0.5) is 15.8 Å². The van der Waals surface area contributed by atoms with E-state index in [0.29, 0.717) is 18.0 Å². The molecule has 18 heavy (non-hydrogen) atoms. The Kier molecular flexibility index (Phi) is 3.69. The molecule has 98 valence electrons. The number of amides is 1. The number of hydrogen-bond acceptors (Lipinski definition) is 3. The van der Waals surface area contributed by atoms with Crippen LogP contribution in [0.1, 0.15) is 19.3 Å². The van der Waals surface area contributed by atoms with Gasteiger partial charge in [0.1, 0.15) is 5.82 Å². The number of benzene rings is 1. The van der Waals surface area contributed by atoms with Crippen molar-refractivity contribution in [3.63, 3.8) is 0 Å². The summed E-state index contributed by atoms with van der Waals surface area (Å²) < 4.78 is 13.0. The van der Waals surface area contributed by atoms with Crippen LogP contribution in [-0.4, -0.2) is 19.0 Å². The van der Waals surface area contributed by atoms with E-state index in [1.54, 1.807) is 6.07 Å². The van der Waals surface area contributed by atoms with Crippen molar-refractivity contribution in [3.05, 3.63) is 24.0 Å². The third kappa shape index (κ3) is 2.91. The summed E-state index contributed by atoms with van der Waals surface area (Å²) in [5, 5.41) is 0. The molecule has 0 aromatic heterocycles. The summed E-state index contributed by atoms with van der Waals surface area (Å²) in [6.07, 6.45) is 2.28. The first kappa shape index (κ1) is 12.7. The average molecular weight is 251 g/mol. The normalized spacial score (nSPS) is 16.8. The van der Waals surface area contributed by atoms with Crippen molar-refractivity contribution in [2.75, 3.05) is 23.7 Å². The van der Waals surface area contributed by atoms with Crippen molar-refractivity contribution in [3.8, 4) is 0 Å². The lowest BCUT2D eigenvalue weighted by molar-refractivity contribution is -0.119. The first-order valence-corrected chi connectivity index (χ1v) is 6.14. The number of hydrogen-bond donors (Lipinski definition) is 2. The Morgan fingerprint density at radius 1 is 1.39 bits per heavy atom. The molecule has 0 atom stereocenters. The smallest absolute Gasteiger partial charge is 0.217 e. The minimum absolute atomic E-state index is 0.241. The third-order valence-electron chi connectivity index (χ3n) is 3.43. The quantitative estimate of drug-likeness (QED) is 0.800. The van der Waals surface area contributed by atoms with Crippen molar-refractivity contribution in [1.29, 1.82) is 0 Å². The number of anilines is 2. The van der Waals surface area contributed by atoms with Crippen LogP contribution < -0.4 is 16.4 Å². The molecular formula is C13H18FN3O. The third-order valence-corrected chi connectivity index (χ3v) is 3.43. The predicted molar refractivity (Wildman–Crippen MR) is 69.6 cm³/mol. The van der Waals surface area contributed by atoms with E-state index in [1.807, 2.05) is 0 Å². The molecule has 0 unspecified atom stereocenters. The zero-order valence-electron chi connectivity index (χ0n) is 10.2. The van der Waals surface area contributed by atoms with Gasteiger partial charge in [0.2, 0.25) is 5.91 Å². The molecule has 1 fully saturated rings. The standard InChI is InChI=1S/C13H18FN3O/c14-10-1-2-12(11(15)8-10)17-5-3-9(4-6-17)7-13(16)18/h1-2,8-9H,3-7,15H2,(H2,16,18). The molecule has 1 aromatic carbocycles. The number of piperidine rings is 1. The van der Waals surface area contributed by atoms with Crippen molar-refractivity contribution in [2.45, 2.75) is 19.3 Å². The van der Waals surface area contributed by atoms with Crippen molar-refractivity contribution >= 4 is 17.3 Å². The summed E-state index contributed by atoms with van der Waals surface area (Å²) in [7, 11) is 0. The largest absolute Gasteiger partial charge is 0.397 e. The molecule has 1 heterocycles. The SMILES string of the molecule is NC(=O)CC1CCN(c2ccc(F)cc2N)CC1. The van der Waals surface area contributed by atoms with Gasteiger partial charge in [0.25, 0.3) is 0 Å². The van der Waals surface area contributed by atoms with Gasteiger partial charge in [-0.15, -0.1) is 0 Å². The zero-order valence-corrected chi connectivity index (χ0v) is 10.2. The fourth-order valence-electron chi connectivity index (χ4n) is 2.48. The molecule has 4 nitrogen and oxygen atoms in total. The molecule has 2 rings (SSSR count). The number of rotatable bonds is 3. The topological polar surface area (TPSA) is 72.4 Å². The van der Waals surface area contributed by atoms with Crippen molar-refractivity contribution < 1.29 is 9.18 Å². The first-order chi connectivity index (χ1) is 8.56. The van der Waals surface area contributed by atoms with E-state index in [0.717, 1.165) is 31.6 Å². The summed E-state index contributed by atoms with van der Waals surface area (Å²) in [6, 6.07) is 4.46. The summed E-state index contributed by atoms with van der Waals surface area (Å²) in [5.41, 5.74) is 12.3. The molecule has 0 radical (unpaired) electrons. The van der Waals surface area contributed by atoms with E-state index in [4.69, 9.17) is 11.5 Å². The maximum Gasteiger partial charge on any atom is 0.217 e. The molecule has 0 aliphatic carbocycles. The molecule has 4 N–H and O–H groups in total. The van der Waals surface area contributed by atoms with Crippen LogP contribution in [0.25, 0.3) is 0 Å². The number of primary amides is 1. The highest BCUT2D eigenvalue weighted by atomic mass is 19.1. The molecule has 0 spiro atoms. The van der Waals surface area contributed by atoms with Crippen LogP contribution in [0.3, 0.4) is 0 Å². The Labute approximate surface area is 106 Å². The minimum Gasteiger partial charge on any atom is -0.397 e. The van der Waals surface area contributed by atoms with Crippen molar-refractivity contribution in [2.24, 2.45) is 11.7 Å². The van der Waals surface area contributed by atoms with Crippen LogP contribution in [0.2, 0.25) is 0 Å². The number of carbonyl (C=O) groups is 1. The van der Waals surface area contributed by atoms with E-state index in [1.165, 1.54) is 12.1 Å². The van der Waals surface area contributed by atoms with Gasteiger partial charge in [-0.2, -0.15) is 0 Å². The van der Waals surface area contributed by atoms with Crippen LogP contribution >= 0.6 is 0 Å². The van der Waals surface area contributed by atoms with Gasteiger partial charge in [-0.3, -0.25) is 4.79 Å². The van der Waals surface area contributed by atoms with Gasteiger partial charge in [0, 0.05) is 19.5 Å². The van der Waals surface area contributed by atoms with E-state index in [9.17, 15) is 9.18 Å². The molecule has 1 aliphatic heterocycles. The maximum atomic E-state index is 13.0. The fourth-order valence-corrected chi connectivity index (χ4v) is 2.48. The average Bonchev–Trinajstić information content (AvgIpc) is 2.30. The fraction of sp³-hybridized carbons (Fsp3) is 0.462. The Morgan fingerprint density at radius 3 is 2.61 bits per heavy atom. The van der Waals surface area contributed by atoms with Gasteiger partial charge >= 0.3 is 0 Å². The van der Waals surface area contributed by atoms with Gasteiger partial charge in [-0.25, -0.2) is 4.39 Å². The Bertz CT molecular complexity index is 442. The molecule has 1 aliphatic rings. The highest BCUT2D eigenvalue weighted by molar-refractivity contribution is 5.74. The van der Waals surface area contributed by atoms with Gasteiger partial charge in [0.15, 0.2) is 0 Å². The maximum absolute atomic E-state index is 13.0. The van der Waals surface area contributed by atoms with Crippen LogP contribution in [0.15, 0.2) is 18.2 Å². The van der Waals surface area contributed by atoms with Crippen LogP contribution in [0, 0.1) is 11.7 Å². The lowest BCUT2D eigenvalue weighted by Crippen LogP contribution is -2.35. The van der Waals surface area contributed by atoms with E-state index in [-0.39, 0.29) is 11.7 Å². The Hall–Kier alpha value is -1.78. The van der Waals surface area contributed by atoms with Gasteiger partial charge in [-0.1, -0.05) is 0 Å². The molecule has 5 heteroatoms. The summed E-state index contributed by atoms with van der Waals surface area (Å²) in [6.45, 7) is 1.65. The summed E-state index contributed by atoms with van der Waals surface area (Å²) >= 11 is 0. The number of halogens is 1. The molecule has 1 saturated heterocycles. The van der Waals surface area contributed by atoms with E-state index >= 15 is 0 Å². The second-order valence-corrected chi connectivity index (χ2v) is 4.80. The predicted octanol–water partition coefficient (Wildman–Crippen LogP) is 1.50. The lowest BCUT2D eigenvalue weighted by Gasteiger charge is -2.33. The Balaban J connectivity index is 1.99. The zero-order chi connectivity index (χ0) is 13.1. The van der Waals surface area contributed by atoms with Crippen LogP contribution in [-0.2, 0) is 4.79 Å². The summed E-state index contributed by atoms with van der Waals surface area (Å²) in [4.78, 5) is 13.0. The second-order valence-electron chi connectivity index (χ2n) is 4.80. The highest BCUT2D eigenvalue weighted by Crippen LogP contribution is 2.29. The monoisotopic (exact) mass is 251 g/mol. The molecule has 1 aromatic rings. The second kappa shape index (κ2) is 5.25. The number of carbonyl (C=O) groups excluding carboxylic acids is 1. The number of nitrogen functional groups attached to an aromatic ring is 1. The van der Waals surface area contributed by atoms with E-state index < -0.39 is 0 Å². The van der Waals surface area contributed by atoms with Gasteiger partial charge < -0.3 is 16.4 Å².